The van der Waals surface area contributed by atoms with Crippen molar-refractivity contribution >= 4 is 12.2 Å². The van der Waals surface area contributed by atoms with E-state index in [4.69, 9.17) is 14.2 Å². The van der Waals surface area contributed by atoms with Crippen LogP contribution in [-0.4, -0.2) is 48.5 Å². The molecule has 0 aliphatic carbocycles. The summed E-state index contributed by atoms with van der Waals surface area (Å²) in [5.74, 6) is -0.184. The van der Waals surface area contributed by atoms with E-state index in [1.807, 2.05) is 0 Å². The number of alkyl carbamates (subject to hydrolysis) is 1. The maximum Gasteiger partial charge on any atom is 0.410 e. The van der Waals surface area contributed by atoms with Crippen LogP contribution in [0.25, 0.3) is 0 Å². The number of benzene rings is 1. The SMILES string of the molecule is COc1cc(F)ccc1C1(NC(=O)OC(C)(C)C)CN(C(=O)OC(C)(C)C)C1. The molecule has 2 rings (SSSR count). The summed E-state index contributed by atoms with van der Waals surface area (Å²) < 4.78 is 29.7. The molecule has 1 aliphatic heterocycles. The van der Waals surface area contributed by atoms with Crippen molar-refractivity contribution in [1.29, 1.82) is 0 Å². The topological polar surface area (TPSA) is 77.1 Å². The number of nitrogens with one attached hydrogen (secondary N) is 1. The van der Waals surface area contributed by atoms with Crippen molar-refractivity contribution in [2.75, 3.05) is 20.2 Å². The number of carbonyl (C=O) groups is 2. The standard InChI is InChI=1S/C20H29FN2O5/c1-18(2,3)27-16(24)22-20(14-9-8-13(21)10-15(14)26-7)11-23(12-20)17(25)28-19(4,5)6/h8-10H,11-12H2,1-7H3,(H,22,24). The van der Waals surface area contributed by atoms with Crippen molar-refractivity contribution in [3.8, 4) is 5.75 Å². The monoisotopic (exact) mass is 396 g/mol. The molecule has 1 aromatic carbocycles. The van der Waals surface area contributed by atoms with Gasteiger partial charge in [0.25, 0.3) is 0 Å². The molecule has 1 fully saturated rings. The van der Waals surface area contributed by atoms with Gasteiger partial charge in [-0.2, -0.15) is 0 Å². The third kappa shape index (κ3) is 5.27. The predicted octanol–water partition coefficient (Wildman–Crippen LogP) is 3.81. The van der Waals surface area contributed by atoms with E-state index in [0.717, 1.165) is 0 Å². The van der Waals surface area contributed by atoms with Gasteiger partial charge in [-0.05, 0) is 53.7 Å². The van der Waals surface area contributed by atoms with Gasteiger partial charge in [0.15, 0.2) is 0 Å². The number of amides is 2. The molecule has 0 atom stereocenters. The summed E-state index contributed by atoms with van der Waals surface area (Å²) in [5.41, 5.74) is -1.74. The number of hydrogen-bond donors (Lipinski definition) is 1. The third-order valence-corrected chi connectivity index (χ3v) is 3.99. The van der Waals surface area contributed by atoms with Crippen LogP contribution in [0.1, 0.15) is 47.1 Å². The first-order valence-electron chi connectivity index (χ1n) is 9.08. The van der Waals surface area contributed by atoms with Crippen LogP contribution in [0.5, 0.6) is 5.75 Å². The number of nitrogens with zero attached hydrogens (tertiary/aromatic N) is 1. The molecule has 1 saturated heterocycles. The highest BCUT2D eigenvalue weighted by Gasteiger charge is 2.51. The van der Waals surface area contributed by atoms with Crippen molar-refractivity contribution in [3.63, 3.8) is 0 Å². The average Bonchev–Trinajstić information content (AvgIpc) is 2.46. The predicted molar refractivity (Wildman–Crippen MR) is 102 cm³/mol. The molecule has 8 heteroatoms. The molecule has 0 spiro atoms. The van der Waals surface area contributed by atoms with E-state index < -0.39 is 34.7 Å². The number of likely N-dealkylation sites (tertiary alicyclic amines) is 1. The van der Waals surface area contributed by atoms with Gasteiger partial charge in [-0.1, -0.05) is 0 Å². The van der Waals surface area contributed by atoms with E-state index in [9.17, 15) is 14.0 Å². The van der Waals surface area contributed by atoms with E-state index in [1.54, 1.807) is 41.5 Å². The molecule has 156 valence electrons. The summed E-state index contributed by atoms with van der Waals surface area (Å²) in [5, 5.41) is 2.83. The van der Waals surface area contributed by atoms with Gasteiger partial charge in [0.05, 0.1) is 20.2 Å². The highest BCUT2D eigenvalue weighted by molar-refractivity contribution is 5.74. The maximum atomic E-state index is 13.6. The zero-order chi connectivity index (χ0) is 21.3. The molecule has 28 heavy (non-hydrogen) atoms. The number of carbonyl (C=O) groups excluding carboxylic acids is 2. The largest absolute Gasteiger partial charge is 0.496 e. The van der Waals surface area contributed by atoms with Gasteiger partial charge >= 0.3 is 12.2 Å². The first kappa shape index (κ1) is 21.8. The fourth-order valence-corrected chi connectivity index (χ4v) is 2.94. The Labute approximate surface area is 165 Å². The van der Waals surface area contributed by atoms with Crippen LogP contribution in [-0.2, 0) is 15.0 Å². The molecule has 0 aromatic heterocycles. The number of rotatable bonds is 3. The first-order chi connectivity index (χ1) is 12.7. The Balaban J connectivity index is 2.29. The molecule has 1 aliphatic rings. The first-order valence-corrected chi connectivity index (χ1v) is 9.08. The van der Waals surface area contributed by atoms with Crippen molar-refractivity contribution in [3.05, 3.63) is 29.6 Å². The summed E-state index contributed by atoms with van der Waals surface area (Å²) in [6, 6.07) is 4.06. The molecule has 7 nitrogen and oxygen atoms in total. The molecular formula is C20H29FN2O5. The van der Waals surface area contributed by atoms with E-state index in [1.165, 1.54) is 30.2 Å². The fraction of sp³-hybridized carbons (Fsp3) is 0.600. The second-order valence-corrected chi connectivity index (χ2v) is 8.89. The summed E-state index contributed by atoms with van der Waals surface area (Å²) in [6.07, 6.45) is -1.13. The maximum absolute atomic E-state index is 13.6. The minimum Gasteiger partial charge on any atom is -0.496 e. The lowest BCUT2D eigenvalue weighted by molar-refractivity contribution is -0.0235. The second kappa shape index (κ2) is 7.48. The lowest BCUT2D eigenvalue weighted by Gasteiger charge is -2.50. The lowest BCUT2D eigenvalue weighted by Crippen LogP contribution is -2.69. The van der Waals surface area contributed by atoms with Crippen LogP contribution >= 0.6 is 0 Å². The molecule has 1 heterocycles. The van der Waals surface area contributed by atoms with Crippen LogP contribution in [0.2, 0.25) is 0 Å². The van der Waals surface area contributed by atoms with Crippen LogP contribution in [0.3, 0.4) is 0 Å². The van der Waals surface area contributed by atoms with Gasteiger partial charge in [-0.15, -0.1) is 0 Å². The van der Waals surface area contributed by atoms with Crippen LogP contribution in [0.4, 0.5) is 14.0 Å². The van der Waals surface area contributed by atoms with Crippen molar-refractivity contribution < 1.29 is 28.2 Å². The normalized spacial score (nSPS) is 16.1. The van der Waals surface area contributed by atoms with Crippen LogP contribution in [0.15, 0.2) is 18.2 Å². The Kier molecular flexibility index (Phi) is 5.82. The molecule has 0 saturated carbocycles. The minimum absolute atomic E-state index is 0.142. The molecule has 0 radical (unpaired) electrons. The molecule has 1 aromatic rings. The second-order valence-electron chi connectivity index (χ2n) is 8.89. The molecular weight excluding hydrogens is 367 g/mol. The molecule has 2 amide bonds. The average molecular weight is 396 g/mol. The van der Waals surface area contributed by atoms with Gasteiger partial charge in [0.2, 0.25) is 0 Å². The van der Waals surface area contributed by atoms with Gasteiger partial charge < -0.3 is 24.4 Å². The van der Waals surface area contributed by atoms with E-state index >= 15 is 0 Å². The van der Waals surface area contributed by atoms with Gasteiger partial charge in [0.1, 0.15) is 28.3 Å². The van der Waals surface area contributed by atoms with Crippen molar-refractivity contribution in [2.24, 2.45) is 0 Å². The van der Waals surface area contributed by atoms with Gasteiger partial charge in [-0.25, -0.2) is 14.0 Å². The summed E-state index contributed by atoms with van der Waals surface area (Å²) in [4.78, 5) is 26.2. The number of hydrogen-bond acceptors (Lipinski definition) is 5. The fourth-order valence-electron chi connectivity index (χ4n) is 2.94. The Morgan fingerprint density at radius 1 is 1.07 bits per heavy atom. The molecule has 0 bridgehead atoms. The zero-order valence-electron chi connectivity index (χ0n) is 17.5. The Hall–Kier alpha value is -2.51. The highest BCUT2D eigenvalue weighted by atomic mass is 19.1. The Morgan fingerprint density at radius 2 is 1.64 bits per heavy atom. The van der Waals surface area contributed by atoms with Crippen LogP contribution < -0.4 is 10.1 Å². The van der Waals surface area contributed by atoms with E-state index in [0.29, 0.717) is 5.56 Å². The highest BCUT2D eigenvalue weighted by Crippen LogP contribution is 2.38. The molecule has 1 N–H and O–H groups in total. The van der Waals surface area contributed by atoms with E-state index in [-0.39, 0.29) is 18.8 Å². The Morgan fingerprint density at radius 3 is 2.14 bits per heavy atom. The third-order valence-electron chi connectivity index (χ3n) is 3.99. The number of methoxy groups -OCH3 is 1. The smallest absolute Gasteiger partial charge is 0.410 e. The van der Waals surface area contributed by atoms with Gasteiger partial charge in [0, 0.05) is 11.6 Å². The summed E-state index contributed by atoms with van der Waals surface area (Å²) >= 11 is 0. The quantitative estimate of drug-likeness (QED) is 0.841. The van der Waals surface area contributed by atoms with Crippen LogP contribution in [0, 0.1) is 5.82 Å². The number of ether oxygens (including phenoxy) is 3. The minimum atomic E-state index is -0.974. The molecule has 0 unspecified atom stereocenters. The summed E-state index contributed by atoms with van der Waals surface area (Å²) in [7, 11) is 1.42. The summed E-state index contributed by atoms with van der Waals surface area (Å²) in [6.45, 7) is 10.9. The zero-order valence-corrected chi connectivity index (χ0v) is 17.5. The van der Waals surface area contributed by atoms with E-state index in [2.05, 4.69) is 5.32 Å². The lowest BCUT2D eigenvalue weighted by atomic mass is 9.82. The number of halogens is 1. The van der Waals surface area contributed by atoms with Gasteiger partial charge in [-0.3, -0.25) is 0 Å². The Bertz CT molecular complexity index is 746. The van der Waals surface area contributed by atoms with Crippen molar-refractivity contribution in [1.82, 2.24) is 10.2 Å². The van der Waals surface area contributed by atoms with Crippen molar-refractivity contribution in [2.45, 2.75) is 58.3 Å².